The average Bonchev–Trinajstić information content (AvgIpc) is 2.47. The predicted molar refractivity (Wildman–Crippen MR) is 74.0 cm³/mol. The lowest BCUT2D eigenvalue weighted by Gasteiger charge is -2.26. The number of ether oxygens (including phenoxy) is 1. The number of aliphatic hydroxyl groups is 1. The van der Waals surface area contributed by atoms with Gasteiger partial charge in [0.1, 0.15) is 19.0 Å². The first kappa shape index (κ1) is 13.9. The molecule has 1 aromatic heterocycles. The van der Waals surface area contributed by atoms with E-state index < -0.39 is 0 Å². The van der Waals surface area contributed by atoms with Gasteiger partial charge < -0.3 is 9.84 Å². The van der Waals surface area contributed by atoms with Crippen molar-refractivity contribution in [3.8, 4) is 17.6 Å². The van der Waals surface area contributed by atoms with Crippen molar-refractivity contribution in [3.63, 3.8) is 0 Å². The molecule has 1 aliphatic heterocycles. The van der Waals surface area contributed by atoms with E-state index in [0.717, 1.165) is 17.9 Å². The summed E-state index contributed by atoms with van der Waals surface area (Å²) in [7, 11) is 0. The third-order valence-electron chi connectivity index (χ3n) is 3.15. The Balaban J connectivity index is 1.78. The minimum atomic E-state index is -0.139. The average molecular weight is 260 g/mol. The summed E-state index contributed by atoms with van der Waals surface area (Å²) in [6, 6.07) is 1.85. The number of hydrogen-bond acceptors (Lipinski definition) is 4. The first-order valence-electron chi connectivity index (χ1n) is 6.78. The van der Waals surface area contributed by atoms with Crippen molar-refractivity contribution in [1.29, 1.82) is 0 Å². The molecular formula is C15H20N2O2. The zero-order chi connectivity index (χ0) is 13.3. The highest BCUT2D eigenvalue weighted by atomic mass is 16.5. The monoisotopic (exact) mass is 260 g/mol. The van der Waals surface area contributed by atoms with Crippen LogP contribution in [0.2, 0.25) is 0 Å². The molecular weight excluding hydrogens is 240 g/mol. The first-order valence-corrected chi connectivity index (χ1v) is 6.78. The highest BCUT2D eigenvalue weighted by Gasteiger charge is 2.09. The highest BCUT2D eigenvalue weighted by Crippen LogP contribution is 2.11. The lowest BCUT2D eigenvalue weighted by molar-refractivity contribution is 0.183. The van der Waals surface area contributed by atoms with E-state index in [1.54, 1.807) is 12.4 Å². The van der Waals surface area contributed by atoms with Crippen LogP contribution in [0.5, 0.6) is 5.75 Å². The Morgan fingerprint density at radius 2 is 2.11 bits per heavy atom. The van der Waals surface area contributed by atoms with Crippen molar-refractivity contribution in [1.82, 2.24) is 9.88 Å². The van der Waals surface area contributed by atoms with E-state index in [1.807, 2.05) is 6.07 Å². The fourth-order valence-electron chi connectivity index (χ4n) is 2.18. The van der Waals surface area contributed by atoms with Gasteiger partial charge in [0.05, 0.1) is 6.20 Å². The molecule has 0 radical (unpaired) electrons. The van der Waals surface area contributed by atoms with Gasteiger partial charge in [-0.15, -0.1) is 0 Å². The topological polar surface area (TPSA) is 45.6 Å². The SMILES string of the molecule is OCC#Cc1cncc(OCCN2CCCCC2)c1. The molecule has 0 atom stereocenters. The van der Waals surface area contributed by atoms with Gasteiger partial charge in [-0.1, -0.05) is 18.3 Å². The van der Waals surface area contributed by atoms with Crippen LogP contribution in [0, 0.1) is 11.8 Å². The third-order valence-corrected chi connectivity index (χ3v) is 3.15. The molecule has 1 aromatic rings. The summed E-state index contributed by atoms with van der Waals surface area (Å²) in [6.07, 6.45) is 7.31. The molecule has 0 aliphatic carbocycles. The normalized spacial score (nSPS) is 15.6. The summed E-state index contributed by atoms with van der Waals surface area (Å²) in [5.74, 6) is 6.16. The summed E-state index contributed by atoms with van der Waals surface area (Å²) >= 11 is 0. The molecule has 1 aliphatic rings. The second-order valence-electron chi connectivity index (χ2n) is 4.62. The number of pyridine rings is 1. The molecule has 1 fully saturated rings. The van der Waals surface area contributed by atoms with E-state index in [1.165, 1.54) is 32.4 Å². The molecule has 0 saturated carbocycles. The largest absolute Gasteiger partial charge is 0.491 e. The number of rotatable bonds is 4. The number of hydrogen-bond donors (Lipinski definition) is 1. The van der Waals surface area contributed by atoms with Crippen LogP contribution in [0.25, 0.3) is 0 Å². The molecule has 0 amide bonds. The van der Waals surface area contributed by atoms with Crippen molar-refractivity contribution in [3.05, 3.63) is 24.0 Å². The number of likely N-dealkylation sites (tertiary alicyclic amines) is 1. The van der Waals surface area contributed by atoms with Gasteiger partial charge in [-0.25, -0.2) is 0 Å². The molecule has 4 nitrogen and oxygen atoms in total. The first-order chi connectivity index (χ1) is 9.38. The lowest BCUT2D eigenvalue weighted by Crippen LogP contribution is -2.33. The molecule has 1 N–H and O–H groups in total. The van der Waals surface area contributed by atoms with Crippen LogP contribution in [-0.2, 0) is 0 Å². The number of nitrogens with zero attached hydrogens (tertiary/aromatic N) is 2. The van der Waals surface area contributed by atoms with Gasteiger partial charge in [-0.3, -0.25) is 9.88 Å². The van der Waals surface area contributed by atoms with E-state index in [0.29, 0.717) is 6.61 Å². The van der Waals surface area contributed by atoms with E-state index in [2.05, 4.69) is 21.7 Å². The van der Waals surface area contributed by atoms with Crippen LogP contribution in [0.4, 0.5) is 0 Å². The van der Waals surface area contributed by atoms with Crippen molar-refractivity contribution in [2.45, 2.75) is 19.3 Å². The maximum atomic E-state index is 8.65. The van der Waals surface area contributed by atoms with Gasteiger partial charge in [0, 0.05) is 18.3 Å². The molecule has 2 heterocycles. The van der Waals surface area contributed by atoms with Crippen molar-refractivity contribution < 1.29 is 9.84 Å². The molecule has 102 valence electrons. The molecule has 1 saturated heterocycles. The van der Waals surface area contributed by atoms with Crippen LogP contribution < -0.4 is 4.74 Å². The van der Waals surface area contributed by atoms with Crippen LogP contribution in [-0.4, -0.2) is 47.8 Å². The number of aromatic nitrogens is 1. The van der Waals surface area contributed by atoms with Crippen LogP contribution >= 0.6 is 0 Å². The second-order valence-corrected chi connectivity index (χ2v) is 4.62. The van der Waals surface area contributed by atoms with E-state index >= 15 is 0 Å². The summed E-state index contributed by atoms with van der Waals surface area (Å²) in [4.78, 5) is 6.52. The minimum absolute atomic E-state index is 0.139. The molecule has 0 spiro atoms. The fourth-order valence-corrected chi connectivity index (χ4v) is 2.18. The third kappa shape index (κ3) is 4.90. The molecule has 0 aromatic carbocycles. The molecule has 4 heteroatoms. The molecule has 0 bridgehead atoms. The Morgan fingerprint density at radius 1 is 1.26 bits per heavy atom. The van der Waals surface area contributed by atoms with Gasteiger partial charge in [0.15, 0.2) is 0 Å². The standard InChI is InChI=1S/C15H20N2O2/c18-9-4-5-14-11-15(13-16-12-14)19-10-8-17-6-2-1-3-7-17/h11-13,18H,1-3,6-10H2. The Hall–Kier alpha value is -1.57. The van der Waals surface area contributed by atoms with Crippen LogP contribution in [0.3, 0.4) is 0 Å². The predicted octanol–water partition coefficient (Wildman–Crippen LogP) is 1.29. The van der Waals surface area contributed by atoms with Gasteiger partial charge in [0.2, 0.25) is 0 Å². The van der Waals surface area contributed by atoms with Gasteiger partial charge in [0.25, 0.3) is 0 Å². The minimum Gasteiger partial charge on any atom is -0.491 e. The van der Waals surface area contributed by atoms with Crippen LogP contribution in [0.15, 0.2) is 18.5 Å². The molecule has 19 heavy (non-hydrogen) atoms. The zero-order valence-electron chi connectivity index (χ0n) is 11.1. The van der Waals surface area contributed by atoms with Gasteiger partial charge in [-0.05, 0) is 32.0 Å². The molecule has 2 rings (SSSR count). The van der Waals surface area contributed by atoms with E-state index in [-0.39, 0.29) is 6.61 Å². The Morgan fingerprint density at radius 3 is 2.89 bits per heavy atom. The van der Waals surface area contributed by atoms with Gasteiger partial charge >= 0.3 is 0 Å². The summed E-state index contributed by atoms with van der Waals surface area (Å²) in [6.45, 7) is 3.87. The smallest absolute Gasteiger partial charge is 0.138 e. The maximum absolute atomic E-state index is 8.65. The highest BCUT2D eigenvalue weighted by molar-refractivity contribution is 5.36. The van der Waals surface area contributed by atoms with Crippen molar-refractivity contribution in [2.75, 3.05) is 32.8 Å². The number of aliphatic hydroxyl groups excluding tert-OH is 1. The summed E-state index contributed by atoms with van der Waals surface area (Å²) < 4.78 is 5.69. The number of piperidine rings is 1. The van der Waals surface area contributed by atoms with Gasteiger partial charge in [-0.2, -0.15) is 0 Å². The fraction of sp³-hybridized carbons (Fsp3) is 0.533. The Labute approximate surface area is 114 Å². The molecule has 0 unspecified atom stereocenters. The maximum Gasteiger partial charge on any atom is 0.138 e. The van der Waals surface area contributed by atoms with Crippen molar-refractivity contribution in [2.24, 2.45) is 0 Å². The quantitative estimate of drug-likeness (QED) is 0.829. The lowest BCUT2D eigenvalue weighted by atomic mass is 10.1. The van der Waals surface area contributed by atoms with E-state index in [9.17, 15) is 0 Å². The zero-order valence-corrected chi connectivity index (χ0v) is 11.1. The second kappa shape index (κ2) is 7.78. The van der Waals surface area contributed by atoms with E-state index in [4.69, 9.17) is 9.84 Å². The summed E-state index contributed by atoms with van der Waals surface area (Å²) in [5.41, 5.74) is 0.768. The van der Waals surface area contributed by atoms with Crippen molar-refractivity contribution >= 4 is 0 Å². The Bertz CT molecular complexity index is 445. The Kier molecular flexibility index (Phi) is 5.67. The summed E-state index contributed by atoms with van der Waals surface area (Å²) in [5, 5.41) is 8.65. The van der Waals surface area contributed by atoms with Crippen LogP contribution in [0.1, 0.15) is 24.8 Å².